The van der Waals surface area contributed by atoms with Crippen molar-refractivity contribution in [2.45, 2.75) is 18.6 Å². The third-order valence-corrected chi connectivity index (χ3v) is 3.45. The predicted molar refractivity (Wildman–Crippen MR) is 69.8 cm³/mol. The van der Waals surface area contributed by atoms with E-state index in [0.29, 0.717) is 24.6 Å². The molecule has 6 nitrogen and oxygen atoms in total. The highest BCUT2D eigenvalue weighted by atomic mass is 16.5. The second kappa shape index (κ2) is 4.55. The molecule has 2 aromatic rings. The highest BCUT2D eigenvalue weighted by Crippen LogP contribution is 2.29. The number of para-hydroxylation sites is 2. The van der Waals surface area contributed by atoms with Gasteiger partial charge >= 0.3 is 0 Å². The minimum absolute atomic E-state index is 0.0347. The molecule has 1 fully saturated rings. The maximum absolute atomic E-state index is 11.5. The first-order valence-electron chi connectivity index (χ1n) is 6.13. The Hall–Kier alpha value is -2.08. The van der Waals surface area contributed by atoms with Gasteiger partial charge in [0.2, 0.25) is 5.91 Å². The van der Waals surface area contributed by atoms with Crippen LogP contribution in [0.5, 0.6) is 0 Å². The van der Waals surface area contributed by atoms with E-state index < -0.39 is 6.04 Å². The molecule has 0 unspecified atom stereocenters. The van der Waals surface area contributed by atoms with E-state index in [-0.39, 0.29) is 12.0 Å². The van der Waals surface area contributed by atoms with Crippen LogP contribution in [-0.4, -0.2) is 36.7 Å². The van der Waals surface area contributed by atoms with Gasteiger partial charge < -0.3 is 19.8 Å². The largest absolute Gasteiger partial charge is 0.423 e. The molecule has 1 aromatic heterocycles. The van der Waals surface area contributed by atoms with Crippen LogP contribution in [0, 0.1) is 0 Å². The normalized spacial score (nSPS) is 23.1. The first kappa shape index (κ1) is 12.0. The van der Waals surface area contributed by atoms with Gasteiger partial charge in [0.1, 0.15) is 11.6 Å². The molecule has 1 saturated heterocycles. The zero-order chi connectivity index (χ0) is 13.4. The molecule has 0 aliphatic carbocycles. The lowest BCUT2D eigenvalue weighted by Crippen LogP contribution is -2.40. The van der Waals surface area contributed by atoms with Crippen LogP contribution in [-0.2, 0) is 9.53 Å². The lowest BCUT2D eigenvalue weighted by atomic mass is 10.2. The summed E-state index contributed by atoms with van der Waals surface area (Å²) in [5.41, 5.74) is 6.89. The van der Waals surface area contributed by atoms with Crippen molar-refractivity contribution in [3.8, 4) is 0 Å². The van der Waals surface area contributed by atoms with Crippen molar-refractivity contribution in [1.82, 2.24) is 4.98 Å². The number of methoxy groups -OCH3 is 1. The van der Waals surface area contributed by atoms with Gasteiger partial charge in [0, 0.05) is 20.1 Å². The van der Waals surface area contributed by atoms with Gasteiger partial charge in [-0.2, -0.15) is 4.98 Å². The highest BCUT2D eigenvalue weighted by Gasteiger charge is 2.38. The van der Waals surface area contributed by atoms with Crippen LogP contribution in [0.2, 0.25) is 0 Å². The Kier molecular flexibility index (Phi) is 2.87. The Balaban J connectivity index is 1.97. The topological polar surface area (TPSA) is 81.6 Å². The summed E-state index contributed by atoms with van der Waals surface area (Å²) in [4.78, 5) is 17.7. The van der Waals surface area contributed by atoms with Gasteiger partial charge in [-0.15, -0.1) is 0 Å². The second-order valence-electron chi connectivity index (χ2n) is 4.63. The second-order valence-corrected chi connectivity index (χ2v) is 4.63. The van der Waals surface area contributed by atoms with E-state index in [1.165, 1.54) is 0 Å². The zero-order valence-corrected chi connectivity index (χ0v) is 10.6. The van der Waals surface area contributed by atoms with E-state index in [0.717, 1.165) is 5.52 Å². The van der Waals surface area contributed by atoms with Gasteiger partial charge in [-0.05, 0) is 12.1 Å². The van der Waals surface area contributed by atoms with Crippen molar-refractivity contribution in [2.75, 3.05) is 18.6 Å². The molecular formula is C13H15N3O3. The molecule has 0 spiro atoms. The molecule has 2 N–H and O–H groups in total. The molecule has 6 heteroatoms. The molecule has 2 heterocycles. The van der Waals surface area contributed by atoms with Crippen LogP contribution >= 0.6 is 0 Å². The number of oxazole rings is 1. The lowest BCUT2D eigenvalue weighted by Gasteiger charge is -2.19. The molecule has 100 valence electrons. The first-order chi connectivity index (χ1) is 9.19. The summed E-state index contributed by atoms with van der Waals surface area (Å²) in [6.45, 7) is 0.553. The molecule has 0 radical (unpaired) electrons. The Morgan fingerprint density at radius 2 is 2.32 bits per heavy atom. The highest BCUT2D eigenvalue weighted by molar-refractivity contribution is 5.84. The molecule has 1 aliphatic heterocycles. The number of fused-ring (bicyclic) bond motifs is 1. The Morgan fingerprint density at radius 1 is 1.53 bits per heavy atom. The van der Waals surface area contributed by atoms with E-state index in [1.807, 2.05) is 24.3 Å². The first-order valence-corrected chi connectivity index (χ1v) is 6.13. The van der Waals surface area contributed by atoms with Gasteiger partial charge in [-0.25, -0.2) is 0 Å². The molecule has 0 bridgehead atoms. The van der Waals surface area contributed by atoms with E-state index in [1.54, 1.807) is 12.0 Å². The van der Waals surface area contributed by atoms with Crippen molar-refractivity contribution >= 4 is 23.0 Å². The van der Waals surface area contributed by atoms with Crippen molar-refractivity contribution in [3.05, 3.63) is 24.3 Å². The lowest BCUT2D eigenvalue weighted by molar-refractivity contribution is -0.119. The number of aromatic nitrogens is 1. The number of amides is 1. The molecular weight excluding hydrogens is 246 g/mol. The van der Waals surface area contributed by atoms with Gasteiger partial charge in [-0.3, -0.25) is 4.79 Å². The number of nitrogens with two attached hydrogens (primary N) is 1. The number of ether oxygens (including phenoxy) is 1. The van der Waals surface area contributed by atoms with Crippen LogP contribution in [0.4, 0.5) is 6.01 Å². The number of primary amides is 1. The van der Waals surface area contributed by atoms with Crippen LogP contribution in [0.1, 0.15) is 6.42 Å². The smallest absolute Gasteiger partial charge is 0.299 e. The number of hydrogen-bond acceptors (Lipinski definition) is 5. The van der Waals surface area contributed by atoms with Crippen molar-refractivity contribution < 1.29 is 13.9 Å². The average Bonchev–Trinajstić information content (AvgIpc) is 3.02. The molecule has 1 aliphatic rings. The molecule has 1 amide bonds. The fraction of sp³-hybridized carbons (Fsp3) is 0.385. The van der Waals surface area contributed by atoms with Gasteiger partial charge in [-0.1, -0.05) is 12.1 Å². The third kappa shape index (κ3) is 2.04. The maximum Gasteiger partial charge on any atom is 0.299 e. The summed E-state index contributed by atoms with van der Waals surface area (Å²) in [5, 5.41) is 0. The van der Waals surface area contributed by atoms with Crippen LogP contribution < -0.4 is 10.6 Å². The standard InChI is InChI=1S/C13H15N3O3/c1-18-8-6-10(12(14)17)16(7-8)13-15-9-4-2-3-5-11(9)19-13/h2-5,8,10H,6-7H2,1H3,(H2,14,17)/t8-,10-/m0/s1. The number of benzene rings is 1. The fourth-order valence-electron chi connectivity index (χ4n) is 2.43. The number of carbonyl (C=O) groups is 1. The molecule has 19 heavy (non-hydrogen) atoms. The number of rotatable bonds is 3. The molecule has 3 rings (SSSR count). The van der Waals surface area contributed by atoms with E-state index >= 15 is 0 Å². The SMILES string of the molecule is CO[C@H]1C[C@@H](C(N)=O)N(c2nc3ccccc3o2)C1. The predicted octanol–water partition coefficient (Wildman–Crippen LogP) is 0.907. The maximum atomic E-state index is 11.5. The van der Waals surface area contributed by atoms with Crippen molar-refractivity contribution in [3.63, 3.8) is 0 Å². The van der Waals surface area contributed by atoms with E-state index in [9.17, 15) is 4.79 Å². The Bertz CT molecular complexity index is 577. The summed E-state index contributed by atoms with van der Waals surface area (Å²) >= 11 is 0. The monoisotopic (exact) mass is 261 g/mol. The number of nitrogens with zero attached hydrogens (tertiary/aromatic N) is 2. The van der Waals surface area contributed by atoms with Crippen molar-refractivity contribution in [1.29, 1.82) is 0 Å². The molecule has 1 aromatic carbocycles. The number of anilines is 1. The summed E-state index contributed by atoms with van der Waals surface area (Å²) in [5.74, 6) is -0.387. The van der Waals surface area contributed by atoms with Gasteiger partial charge in [0.15, 0.2) is 5.58 Å². The van der Waals surface area contributed by atoms with Crippen LogP contribution in [0.3, 0.4) is 0 Å². The molecule has 2 atom stereocenters. The fourth-order valence-corrected chi connectivity index (χ4v) is 2.43. The summed E-state index contributed by atoms with van der Waals surface area (Å²) in [6.07, 6.45) is 0.525. The Morgan fingerprint density at radius 3 is 3.00 bits per heavy atom. The zero-order valence-electron chi connectivity index (χ0n) is 10.6. The van der Waals surface area contributed by atoms with Crippen LogP contribution in [0.25, 0.3) is 11.1 Å². The molecule has 0 saturated carbocycles. The summed E-state index contributed by atoms with van der Waals surface area (Å²) < 4.78 is 11.0. The van der Waals surface area contributed by atoms with E-state index in [2.05, 4.69) is 4.98 Å². The van der Waals surface area contributed by atoms with Gasteiger partial charge in [0.05, 0.1) is 6.10 Å². The van der Waals surface area contributed by atoms with Crippen molar-refractivity contribution in [2.24, 2.45) is 5.73 Å². The number of hydrogen-bond donors (Lipinski definition) is 1. The summed E-state index contributed by atoms with van der Waals surface area (Å²) in [6, 6.07) is 7.47. The van der Waals surface area contributed by atoms with E-state index in [4.69, 9.17) is 14.9 Å². The van der Waals surface area contributed by atoms with Crippen LogP contribution in [0.15, 0.2) is 28.7 Å². The third-order valence-electron chi connectivity index (χ3n) is 3.45. The summed E-state index contributed by atoms with van der Waals surface area (Å²) in [7, 11) is 1.62. The Labute approximate surface area is 110 Å². The minimum atomic E-state index is -0.432. The average molecular weight is 261 g/mol. The van der Waals surface area contributed by atoms with Gasteiger partial charge in [0.25, 0.3) is 6.01 Å². The number of carbonyl (C=O) groups excluding carboxylic acids is 1. The minimum Gasteiger partial charge on any atom is -0.423 e. The quantitative estimate of drug-likeness (QED) is 0.888.